The van der Waals surface area contributed by atoms with E-state index in [0.29, 0.717) is 17.9 Å². The van der Waals surface area contributed by atoms with Gasteiger partial charge in [-0.25, -0.2) is 0 Å². The fourth-order valence-corrected chi connectivity index (χ4v) is 4.77. The van der Waals surface area contributed by atoms with Gasteiger partial charge in [0.15, 0.2) is 0 Å². The van der Waals surface area contributed by atoms with Crippen LogP contribution < -0.4 is 0 Å². The van der Waals surface area contributed by atoms with Gasteiger partial charge in [0.1, 0.15) is 0 Å². The Hall–Kier alpha value is -0.990. The number of benzene rings is 1. The largest absolute Gasteiger partial charge is 0.361 e. The van der Waals surface area contributed by atoms with Crippen molar-refractivity contribution in [2.45, 2.75) is 43.5 Å². The van der Waals surface area contributed by atoms with E-state index in [2.05, 4.69) is 55.2 Å². The number of aromatic nitrogens is 1. The number of hydrogen-bond donors (Lipinski definition) is 1. The van der Waals surface area contributed by atoms with Gasteiger partial charge in [0.05, 0.1) is 4.87 Å². The summed E-state index contributed by atoms with van der Waals surface area (Å²) in [7, 11) is 2.24. The van der Waals surface area contributed by atoms with E-state index >= 15 is 0 Å². The molecule has 1 fully saturated rings. The Morgan fingerprint density at radius 2 is 2.19 bits per heavy atom. The van der Waals surface area contributed by atoms with Crippen molar-refractivity contribution in [2.75, 3.05) is 13.6 Å². The molecule has 2 heterocycles. The minimum atomic E-state index is -0.105. The highest BCUT2D eigenvalue weighted by Crippen LogP contribution is 2.49. The van der Waals surface area contributed by atoms with Crippen molar-refractivity contribution in [3.8, 4) is 0 Å². The summed E-state index contributed by atoms with van der Waals surface area (Å²) in [5.74, 6) is 1.05. The molecule has 1 aliphatic carbocycles. The molecule has 1 unspecified atom stereocenters. The molecule has 112 valence electrons. The van der Waals surface area contributed by atoms with Crippen LogP contribution in [-0.4, -0.2) is 34.4 Å². The molecular weight excluding hydrogens is 280 g/mol. The van der Waals surface area contributed by atoms with E-state index in [9.17, 15) is 0 Å². The van der Waals surface area contributed by atoms with Gasteiger partial charge < -0.3 is 9.88 Å². The zero-order valence-corrected chi connectivity index (χ0v) is 13.7. The van der Waals surface area contributed by atoms with Crippen LogP contribution in [0.2, 0.25) is 0 Å². The van der Waals surface area contributed by atoms with Crippen molar-refractivity contribution < 1.29 is 0 Å². The number of H-pyrrole nitrogens is 1. The average molecular weight is 303 g/mol. The number of likely N-dealkylation sites (tertiary alicyclic amines) is 1. The van der Waals surface area contributed by atoms with Crippen LogP contribution in [0.1, 0.15) is 37.3 Å². The van der Waals surface area contributed by atoms with Crippen molar-refractivity contribution >= 4 is 22.5 Å². The molecule has 1 aromatic carbocycles. The number of hydrogen-bond acceptors (Lipinski definition) is 1. The molecule has 0 saturated carbocycles. The number of likely N-dealkylation sites (N-methyl/N-ethyl adjacent to an activating group) is 1. The Bertz CT molecular complexity index is 690. The first-order valence-corrected chi connectivity index (χ1v) is 8.35. The summed E-state index contributed by atoms with van der Waals surface area (Å²) in [5, 5.41) is 1.46. The van der Waals surface area contributed by atoms with Crippen LogP contribution in [0.3, 0.4) is 0 Å². The van der Waals surface area contributed by atoms with Gasteiger partial charge >= 0.3 is 0 Å². The van der Waals surface area contributed by atoms with E-state index in [0.717, 1.165) is 19.4 Å². The fourth-order valence-electron chi connectivity index (χ4n) is 4.42. The van der Waals surface area contributed by atoms with Crippen LogP contribution in [0.5, 0.6) is 0 Å². The van der Waals surface area contributed by atoms with Crippen molar-refractivity contribution in [1.29, 1.82) is 0 Å². The van der Waals surface area contributed by atoms with Crippen LogP contribution >= 0.6 is 11.6 Å². The zero-order valence-electron chi connectivity index (χ0n) is 13.0. The predicted octanol–water partition coefficient (Wildman–Crippen LogP) is 4.15. The maximum absolute atomic E-state index is 7.01. The number of nitrogens with one attached hydrogen (secondary N) is 1. The van der Waals surface area contributed by atoms with Crippen LogP contribution in [0.4, 0.5) is 0 Å². The van der Waals surface area contributed by atoms with E-state index in [4.69, 9.17) is 11.6 Å². The Labute approximate surface area is 131 Å². The van der Waals surface area contributed by atoms with Crippen LogP contribution in [0.25, 0.3) is 10.9 Å². The second-order valence-corrected chi connectivity index (χ2v) is 8.02. The van der Waals surface area contributed by atoms with Crippen molar-refractivity contribution in [1.82, 2.24) is 9.88 Å². The minimum absolute atomic E-state index is 0.105. The fraction of sp³-hybridized carbons (Fsp3) is 0.556. The summed E-state index contributed by atoms with van der Waals surface area (Å²) in [6.45, 7) is 5.50. The molecule has 1 aliphatic heterocycles. The molecular formula is C18H23ClN2. The van der Waals surface area contributed by atoms with E-state index < -0.39 is 0 Å². The Kier molecular flexibility index (Phi) is 2.93. The highest BCUT2D eigenvalue weighted by Gasteiger charge is 2.46. The van der Waals surface area contributed by atoms with Gasteiger partial charge in [0.2, 0.25) is 0 Å². The molecule has 2 aliphatic rings. The lowest BCUT2D eigenvalue weighted by Gasteiger charge is -2.50. The number of alkyl halides is 1. The predicted molar refractivity (Wildman–Crippen MR) is 89.2 cm³/mol. The number of halogens is 1. The molecule has 1 N–H and O–H groups in total. The molecule has 21 heavy (non-hydrogen) atoms. The summed E-state index contributed by atoms with van der Waals surface area (Å²) >= 11 is 7.01. The van der Waals surface area contributed by atoms with Crippen molar-refractivity contribution in [3.05, 3.63) is 35.5 Å². The molecule has 1 saturated heterocycles. The molecule has 4 rings (SSSR count). The lowest BCUT2D eigenvalue weighted by Crippen LogP contribution is -2.55. The van der Waals surface area contributed by atoms with Crippen molar-refractivity contribution in [3.63, 3.8) is 0 Å². The standard InChI is InChI=1S/C18H23ClN2/c1-11(2)18(19)8-14-13-5-4-6-15-17(13)12(9-20-15)7-16(14)21(3)10-18/h4-6,9,11,14,16,20H,7-8,10H2,1-3H3/t14?,16-,18-/m1/s1. The van der Waals surface area contributed by atoms with Gasteiger partial charge in [-0.05, 0) is 43.0 Å². The lowest BCUT2D eigenvalue weighted by atomic mass is 9.70. The number of aromatic amines is 1. The molecule has 3 atom stereocenters. The summed E-state index contributed by atoms with van der Waals surface area (Å²) in [4.78, 5) is 5.83. The quantitative estimate of drug-likeness (QED) is 0.784. The maximum Gasteiger partial charge on any atom is 0.0602 e. The first kappa shape index (κ1) is 13.7. The van der Waals surface area contributed by atoms with Gasteiger partial charge in [-0.15, -0.1) is 11.6 Å². The van der Waals surface area contributed by atoms with E-state index in [1.165, 1.54) is 22.0 Å². The molecule has 0 bridgehead atoms. The molecule has 0 spiro atoms. The van der Waals surface area contributed by atoms with Gasteiger partial charge in [-0.2, -0.15) is 0 Å². The monoisotopic (exact) mass is 302 g/mol. The highest BCUT2D eigenvalue weighted by molar-refractivity contribution is 6.24. The first-order valence-electron chi connectivity index (χ1n) is 7.97. The summed E-state index contributed by atoms with van der Waals surface area (Å²) in [6, 6.07) is 7.27. The molecule has 1 aromatic heterocycles. The van der Waals surface area contributed by atoms with Gasteiger partial charge in [-0.1, -0.05) is 26.0 Å². The Morgan fingerprint density at radius 1 is 1.38 bits per heavy atom. The van der Waals surface area contributed by atoms with E-state index in [1.54, 1.807) is 0 Å². The third-order valence-corrected chi connectivity index (χ3v) is 6.50. The molecule has 2 nitrogen and oxygen atoms in total. The highest BCUT2D eigenvalue weighted by atomic mass is 35.5. The second-order valence-electron chi connectivity index (χ2n) is 7.27. The number of nitrogens with zero attached hydrogens (tertiary/aromatic N) is 1. The number of rotatable bonds is 1. The van der Waals surface area contributed by atoms with Gasteiger partial charge in [-0.3, -0.25) is 0 Å². The van der Waals surface area contributed by atoms with E-state index in [1.807, 2.05) is 0 Å². The number of piperidine rings is 1. The topological polar surface area (TPSA) is 19.0 Å². The summed E-state index contributed by atoms with van der Waals surface area (Å²) in [5.41, 5.74) is 4.25. The maximum atomic E-state index is 7.01. The Balaban J connectivity index is 1.85. The second kappa shape index (κ2) is 4.50. The van der Waals surface area contributed by atoms with Gasteiger partial charge in [0.25, 0.3) is 0 Å². The number of fused-ring (bicyclic) bond motifs is 2. The molecule has 2 aromatic rings. The van der Waals surface area contributed by atoms with Crippen LogP contribution in [0.15, 0.2) is 24.4 Å². The SMILES string of the molecule is CC(C)[C@@]1(Cl)CC2c3cccc4[nH]cc(c34)C[C@H]2N(C)C1. The summed E-state index contributed by atoms with van der Waals surface area (Å²) < 4.78 is 0. The third-order valence-electron chi connectivity index (χ3n) is 5.79. The zero-order chi connectivity index (χ0) is 14.8. The smallest absolute Gasteiger partial charge is 0.0602 e. The third kappa shape index (κ3) is 1.89. The first-order chi connectivity index (χ1) is 9.99. The van der Waals surface area contributed by atoms with E-state index in [-0.39, 0.29) is 4.87 Å². The molecule has 3 heteroatoms. The van der Waals surface area contributed by atoms with Crippen LogP contribution in [-0.2, 0) is 6.42 Å². The lowest BCUT2D eigenvalue weighted by molar-refractivity contribution is 0.105. The average Bonchev–Trinajstić information content (AvgIpc) is 2.85. The minimum Gasteiger partial charge on any atom is -0.361 e. The normalized spacial score (nSPS) is 32.6. The molecule has 0 amide bonds. The van der Waals surface area contributed by atoms with Crippen LogP contribution in [0, 0.1) is 5.92 Å². The Morgan fingerprint density at radius 3 is 2.95 bits per heavy atom. The summed E-state index contributed by atoms with van der Waals surface area (Å²) in [6.07, 6.45) is 4.43. The molecule has 0 radical (unpaired) electrons. The van der Waals surface area contributed by atoms with Gasteiger partial charge in [0, 0.05) is 35.6 Å². The van der Waals surface area contributed by atoms with Crippen molar-refractivity contribution in [2.24, 2.45) is 5.92 Å².